The Morgan fingerprint density at radius 3 is 2.50 bits per heavy atom. The van der Waals surface area contributed by atoms with Crippen molar-refractivity contribution < 1.29 is 19.2 Å². The second-order valence-electron chi connectivity index (χ2n) is 6.92. The second kappa shape index (κ2) is 6.72. The van der Waals surface area contributed by atoms with Gasteiger partial charge in [-0.05, 0) is 11.5 Å². The number of methoxy groups -OCH3 is 2. The van der Waals surface area contributed by atoms with Crippen LogP contribution in [-0.4, -0.2) is 42.2 Å². The van der Waals surface area contributed by atoms with Gasteiger partial charge < -0.3 is 9.47 Å². The van der Waals surface area contributed by atoms with Crippen molar-refractivity contribution in [2.45, 2.75) is 38.9 Å². The largest absolute Gasteiger partial charge is 0.481 e. The molecule has 2 rings (SSSR count). The van der Waals surface area contributed by atoms with Crippen molar-refractivity contribution in [2.24, 2.45) is 11.3 Å². The summed E-state index contributed by atoms with van der Waals surface area (Å²) in [5.41, 5.74) is -0.00582. The van der Waals surface area contributed by atoms with E-state index in [1.165, 1.54) is 14.2 Å². The van der Waals surface area contributed by atoms with Crippen molar-refractivity contribution in [2.75, 3.05) is 14.2 Å². The normalized spacial score (nSPS) is 26.9. The predicted molar refractivity (Wildman–Crippen MR) is 86.2 cm³/mol. The number of rotatable bonds is 4. The molecule has 24 heavy (non-hydrogen) atoms. The smallest absolute Gasteiger partial charge is 0.323 e. The minimum Gasteiger partial charge on any atom is -0.481 e. The van der Waals surface area contributed by atoms with Gasteiger partial charge >= 0.3 is 5.97 Å². The van der Waals surface area contributed by atoms with Gasteiger partial charge in [-0.3, -0.25) is 20.2 Å². The number of carbonyl (C=O) groups is 1. The highest BCUT2D eigenvalue weighted by Crippen LogP contribution is 2.43. The molecule has 132 valence electrons. The van der Waals surface area contributed by atoms with Crippen LogP contribution in [0.2, 0.25) is 0 Å². The van der Waals surface area contributed by atoms with Crippen LogP contribution in [0.25, 0.3) is 0 Å². The summed E-state index contributed by atoms with van der Waals surface area (Å²) in [7, 11) is 2.76. The third-order valence-corrected chi connectivity index (χ3v) is 4.40. The molecule has 0 aliphatic carbocycles. The van der Waals surface area contributed by atoms with Crippen LogP contribution in [0.1, 0.15) is 32.5 Å². The van der Waals surface area contributed by atoms with E-state index in [0.717, 1.165) is 0 Å². The van der Waals surface area contributed by atoms with Crippen LogP contribution >= 0.6 is 0 Å². The molecule has 0 saturated carbocycles. The SMILES string of the molecule is COC(=O)C1NC(c2cccc(OC)n2)C([N+](=O)[O-])C1C(C)(C)C. The number of hydrogen-bond acceptors (Lipinski definition) is 7. The number of aromatic nitrogens is 1. The minimum atomic E-state index is -1.01. The van der Waals surface area contributed by atoms with Crippen molar-refractivity contribution >= 4 is 5.97 Å². The first-order valence-corrected chi connectivity index (χ1v) is 7.69. The minimum absolute atomic E-state index is 0.336. The lowest BCUT2D eigenvalue weighted by Crippen LogP contribution is -2.45. The summed E-state index contributed by atoms with van der Waals surface area (Å²) in [4.78, 5) is 28.0. The van der Waals surface area contributed by atoms with Crippen LogP contribution in [0.5, 0.6) is 5.88 Å². The maximum absolute atomic E-state index is 12.2. The maximum atomic E-state index is 12.2. The summed E-state index contributed by atoms with van der Waals surface area (Å²) in [6.45, 7) is 5.65. The standard InChI is InChI=1S/C16H23N3O5/c1-16(2,3)11-13(15(20)24-5)18-12(14(11)19(21)22)9-7-6-8-10(17-9)23-4/h6-8,11-14,18H,1-5H3. The van der Waals surface area contributed by atoms with Crippen LogP contribution in [0.4, 0.5) is 0 Å². The highest BCUT2D eigenvalue weighted by molar-refractivity contribution is 5.77. The van der Waals surface area contributed by atoms with E-state index in [2.05, 4.69) is 10.3 Å². The first kappa shape index (κ1) is 18.1. The number of carbonyl (C=O) groups excluding carboxylic acids is 1. The molecule has 2 heterocycles. The fourth-order valence-electron chi connectivity index (χ4n) is 3.38. The molecule has 1 aromatic rings. The van der Waals surface area contributed by atoms with Crippen LogP contribution in [0.3, 0.4) is 0 Å². The summed E-state index contributed by atoms with van der Waals surface area (Å²) in [5, 5.41) is 14.9. The van der Waals surface area contributed by atoms with Crippen LogP contribution in [0.15, 0.2) is 18.2 Å². The molecule has 1 aliphatic rings. The monoisotopic (exact) mass is 337 g/mol. The van der Waals surface area contributed by atoms with E-state index >= 15 is 0 Å². The van der Waals surface area contributed by atoms with E-state index in [0.29, 0.717) is 11.6 Å². The van der Waals surface area contributed by atoms with Crippen LogP contribution in [0, 0.1) is 21.4 Å². The zero-order chi connectivity index (χ0) is 18.1. The molecule has 4 atom stereocenters. The lowest BCUT2D eigenvalue weighted by molar-refractivity contribution is -0.535. The Balaban J connectivity index is 2.51. The molecule has 0 amide bonds. The first-order chi connectivity index (χ1) is 11.2. The van der Waals surface area contributed by atoms with Crippen molar-refractivity contribution in [1.82, 2.24) is 10.3 Å². The van der Waals surface area contributed by atoms with Crippen molar-refractivity contribution in [3.05, 3.63) is 34.0 Å². The number of esters is 1. The highest BCUT2D eigenvalue weighted by atomic mass is 16.6. The summed E-state index contributed by atoms with van der Waals surface area (Å²) < 4.78 is 9.95. The Morgan fingerprint density at radius 1 is 1.33 bits per heavy atom. The van der Waals surface area contributed by atoms with E-state index < -0.39 is 35.4 Å². The second-order valence-corrected chi connectivity index (χ2v) is 6.92. The molecule has 1 fully saturated rings. The van der Waals surface area contributed by atoms with Gasteiger partial charge in [0.2, 0.25) is 11.9 Å². The zero-order valence-corrected chi connectivity index (χ0v) is 14.5. The zero-order valence-electron chi connectivity index (χ0n) is 14.5. The van der Waals surface area contributed by atoms with E-state index in [9.17, 15) is 14.9 Å². The molecule has 1 saturated heterocycles. The number of nitro groups is 1. The third-order valence-electron chi connectivity index (χ3n) is 4.40. The molecule has 1 aromatic heterocycles. The van der Waals surface area contributed by atoms with Gasteiger partial charge in [-0.2, -0.15) is 0 Å². The average molecular weight is 337 g/mol. The van der Waals surface area contributed by atoms with E-state index in [1.54, 1.807) is 18.2 Å². The Kier molecular flexibility index (Phi) is 5.08. The predicted octanol–water partition coefficient (Wildman–Crippen LogP) is 1.58. The highest BCUT2D eigenvalue weighted by Gasteiger charge is 2.58. The van der Waals surface area contributed by atoms with Crippen molar-refractivity contribution in [3.63, 3.8) is 0 Å². The molecule has 1 aliphatic heterocycles. The molecular formula is C16H23N3O5. The Bertz CT molecular complexity index is 628. The molecule has 0 spiro atoms. The molecule has 1 N–H and O–H groups in total. The van der Waals surface area contributed by atoms with Gasteiger partial charge in [-0.1, -0.05) is 26.8 Å². The molecule has 8 heteroatoms. The van der Waals surface area contributed by atoms with Gasteiger partial charge in [0.25, 0.3) is 0 Å². The van der Waals surface area contributed by atoms with Crippen molar-refractivity contribution in [3.8, 4) is 5.88 Å². The quantitative estimate of drug-likeness (QED) is 0.505. The van der Waals surface area contributed by atoms with Gasteiger partial charge in [0, 0.05) is 11.0 Å². The Labute approximate surface area is 140 Å². The number of ether oxygens (including phenoxy) is 2. The molecule has 8 nitrogen and oxygen atoms in total. The van der Waals surface area contributed by atoms with Crippen molar-refractivity contribution in [1.29, 1.82) is 0 Å². The summed E-state index contributed by atoms with van der Waals surface area (Å²) in [5.74, 6) is -0.685. The third kappa shape index (κ3) is 3.33. The van der Waals surface area contributed by atoms with Crippen LogP contribution < -0.4 is 10.1 Å². The molecular weight excluding hydrogens is 314 g/mol. The van der Waals surface area contributed by atoms with Gasteiger partial charge in [0.15, 0.2) is 0 Å². The number of nitrogens with zero attached hydrogens (tertiary/aromatic N) is 2. The Morgan fingerprint density at radius 2 is 2.00 bits per heavy atom. The van der Waals surface area contributed by atoms with Gasteiger partial charge in [-0.25, -0.2) is 4.98 Å². The number of pyridine rings is 1. The summed E-state index contributed by atoms with van der Waals surface area (Å²) in [6.07, 6.45) is 0. The molecule has 0 bridgehead atoms. The average Bonchev–Trinajstić information content (AvgIpc) is 2.95. The molecule has 0 radical (unpaired) electrons. The maximum Gasteiger partial charge on any atom is 0.323 e. The van der Waals surface area contributed by atoms with E-state index in [4.69, 9.17) is 9.47 Å². The summed E-state index contributed by atoms with van der Waals surface area (Å²) in [6, 6.07) is 2.59. The first-order valence-electron chi connectivity index (χ1n) is 7.69. The van der Waals surface area contributed by atoms with Gasteiger partial charge in [0.1, 0.15) is 12.1 Å². The lowest BCUT2D eigenvalue weighted by atomic mass is 9.73. The fourth-order valence-corrected chi connectivity index (χ4v) is 3.38. The Hall–Kier alpha value is -2.22. The van der Waals surface area contributed by atoms with E-state index in [-0.39, 0.29) is 4.92 Å². The van der Waals surface area contributed by atoms with Gasteiger partial charge in [0.05, 0.1) is 25.8 Å². The number of nitrogens with one attached hydrogen (secondary N) is 1. The lowest BCUT2D eigenvalue weighted by Gasteiger charge is -2.31. The molecule has 4 unspecified atom stereocenters. The topological polar surface area (TPSA) is 104 Å². The number of hydrogen-bond donors (Lipinski definition) is 1. The molecule has 0 aromatic carbocycles. The summed E-state index contributed by atoms with van der Waals surface area (Å²) >= 11 is 0. The van der Waals surface area contributed by atoms with Gasteiger partial charge in [-0.15, -0.1) is 0 Å². The fraction of sp³-hybridized carbons (Fsp3) is 0.625. The van der Waals surface area contributed by atoms with Crippen LogP contribution in [-0.2, 0) is 9.53 Å². The van der Waals surface area contributed by atoms with E-state index in [1.807, 2.05) is 20.8 Å².